The molecule has 30 heavy (non-hydrogen) atoms. The molecule has 0 aliphatic rings. The molecule has 148 valence electrons. The third-order valence-corrected chi connectivity index (χ3v) is 5.45. The van der Waals surface area contributed by atoms with Crippen molar-refractivity contribution < 1.29 is 9.90 Å². The molecule has 0 bridgehead atoms. The summed E-state index contributed by atoms with van der Waals surface area (Å²) in [4.78, 5) is 18.0. The molecule has 1 atom stereocenters. The summed E-state index contributed by atoms with van der Waals surface area (Å²) in [5.74, 6) is 4.42. The Hall–Kier alpha value is -3.93. The van der Waals surface area contributed by atoms with Gasteiger partial charge in [-0.05, 0) is 42.3 Å². The fourth-order valence-corrected chi connectivity index (χ4v) is 3.98. The molecule has 0 aliphatic carbocycles. The van der Waals surface area contributed by atoms with Crippen molar-refractivity contribution >= 4 is 27.8 Å². The van der Waals surface area contributed by atoms with Crippen LogP contribution in [-0.4, -0.2) is 27.1 Å². The lowest BCUT2D eigenvalue weighted by molar-refractivity contribution is -0.138. The monoisotopic (exact) mass is 395 g/mol. The Morgan fingerprint density at radius 2 is 1.90 bits per heavy atom. The molecule has 0 radical (unpaired) electrons. The summed E-state index contributed by atoms with van der Waals surface area (Å²) in [6.45, 7) is 1.91. The molecule has 0 spiro atoms. The van der Waals surface area contributed by atoms with Gasteiger partial charge in [-0.2, -0.15) is 0 Å². The minimum atomic E-state index is -1.03. The van der Waals surface area contributed by atoms with Crippen molar-refractivity contribution in [1.29, 1.82) is 0 Å². The number of carboxylic acid groups (broad SMARTS) is 1. The summed E-state index contributed by atoms with van der Waals surface area (Å²) in [7, 11) is 0. The van der Waals surface area contributed by atoms with Gasteiger partial charge in [0.15, 0.2) is 0 Å². The SMILES string of the molecule is C#Cc1cccc2cc(Cc3cc(C#C)c4[nH]c(C)c(CC(N)C(=O)O)c4c3)[nH]c12. The third kappa shape index (κ3) is 3.33. The van der Waals surface area contributed by atoms with Crippen molar-refractivity contribution in [3.63, 3.8) is 0 Å². The zero-order valence-corrected chi connectivity index (χ0v) is 16.5. The lowest BCUT2D eigenvalue weighted by Crippen LogP contribution is -2.32. The molecular weight excluding hydrogens is 374 g/mol. The molecule has 0 fully saturated rings. The maximum Gasteiger partial charge on any atom is 0.320 e. The maximum absolute atomic E-state index is 11.3. The molecule has 4 aromatic rings. The smallest absolute Gasteiger partial charge is 0.320 e. The second-order valence-electron chi connectivity index (χ2n) is 7.47. The summed E-state index contributed by atoms with van der Waals surface area (Å²) in [6.07, 6.45) is 12.2. The van der Waals surface area contributed by atoms with Gasteiger partial charge in [0.25, 0.3) is 0 Å². The van der Waals surface area contributed by atoms with Crippen molar-refractivity contribution in [3.8, 4) is 24.7 Å². The van der Waals surface area contributed by atoms with Crippen LogP contribution in [0.1, 0.15) is 33.6 Å². The van der Waals surface area contributed by atoms with Gasteiger partial charge in [0, 0.05) is 46.1 Å². The number of nitrogens with two attached hydrogens (primary N) is 1. The first-order chi connectivity index (χ1) is 14.4. The highest BCUT2D eigenvalue weighted by Gasteiger charge is 2.19. The number of hydrogen-bond acceptors (Lipinski definition) is 2. The molecular formula is C25H21N3O2. The zero-order chi connectivity index (χ0) is 21.4. The third-order valence-electron chi connectivity index (χ3n) is 5.45. The molecule has 2 heterocycles. The van der Waals surface area contributed by atoms with E-state index in [9.17, 15) is 9.90 Å². The van der Waals surface area contributed by atoms with E-state index < -0.39 is 12.0 Å². The Labute approximate surface area is 174 Å². The van der Waals surface area contributed by atoms with E-state index in [2.05, 4.69) is 33.9 Å². The molecule has 5 heteroatoms. The van der Waals surface area contributed by atoms with E-state index in [1.165, 1.54) is 0 Å². The minimum absolute atomic E-state index is 0.229. The highest BCUT2D eigenvalue weighted by atomic mass is 16.4. The highest BCUT2D eigenvalue weighted by molar-refractivity contribution is 5.91. The molecule has 5 nitrogen and oxygen atoms in total. The van der Waals surface area contributed by atoms with Crippen LogP contribution in [-0.2, 0) is 17.6 Å². The van der Waals surface area contributed by atoms with Crippen LogP contribution in [0.15, 0.2) is 36.4 Å². The van der Waals surface area contributed by atoms with E-state index in [0.29, 0.717) is 6.42 Å². The number of fused-ring (bicyclic) bond motifs is 2. The summed E-state index contributed by atoms with van der Waals surface area (Å²) in [5.41, 5.74) is 12.9. The Morgan fingerprint density at radius 3 is 2.60 bits per heavy atom. The molecule has 0 amide bonds. The Kier molecular flexibility index (Phi) is 4.83. The lowest BCUT2D eigenvalue weighted by Gasteiger charge is -2.08. The van der Waals surface area contributed by atoms with Crippen LogP contribution in [0.4, 0.5) is 0 Å². The van der Waals surface area contributed by atoms with E-state index in [-0.39, 0.29) is 6.42 Å². The van der Waals surface area contributed by atoms with Gasteiger partial charge in [-0.1, -0.05) is 24.0 Å². The highest BCUT2D eigenvalue weighted by Crippen LogP contribution is 2.29. The first kappa shape index (κ1) is 19.4. The van der Waals surface area contributed by atoms with Crippen LogP contribution < -0.4 is 5.73 Å². The largest absolute Gasteiger partial charge is 0.480 e. The average molecular weight is 395 g/mol. The van der Waals surface area contributed by atoms with Crippen molar-refractivity contribution in [1.82, 2.24) is 9.97 Å². The number of aromatic nitrogens is 2. The van der Waals surface area contributed by atoms with Crippen molar-refractivity contribution in [2.75, 3.05) is 0 Å². The predicted octanol–water partition coefficient (Wildman–Crippen LogP) is 3.47. The number of aliphatic carboxylic acids is 1. The van der Waals surface area contributed by atoms with Gasteiger partial charge in [-0.3, -0.25) is 4.79 Å². The lowest BCUT2D eigenvalue weighted by atomic mass is 9.98. The van der Waals surface area contributed by atoms with Crippen LogP contribution in [0.3, 0.4) is 0 Å². The molecule has 0 saturated carbocycles. The number of benzene rings is 2. The number of terminal acetylenes is 2. The first-order valence-corrected chi connectivity index (χ1v) is 9.57. The maximum atomic E-state index is 11.3. The van der Waals surface area contributed by atoms with Gasteiger partial charge < -0.3 is 20.8 Å². The van der Waals surface area contributed by atoms with Gasteiger partial charge >= 0.3 is 5.97 Å². The fourth-order valence-electron chi connectivity index (χ4n) is 3.98. The van der Waals surface area contributed by atoms with Gasteiger partial charge in [0.05, 0.1) is 11.0 Å². The second-order valence-corrected chi connectivity index (χ2v) is 7.47. The molecule has 2 aromatic heterocycles. The molecule has 2 aromatic carbocycles. The number of para-hydroxylation sites is 1. The second kappa shape index (κ2) is 7.48. The summed E-state index contributed by atoms with van der Waals surface area (Å²) < 4.78 is 0. The van der Waals surface area contributed by atoms with Gasteiger partial charge in [-0.15, -0.1) is 12.8 Å². The van der Waals surface area contributed by atoms with Crippen LogP contribution in [0.5, 0.6) is 0 Å². The summed E-state index contributed by atoms with van der Waals surface area (Å²) in [5, 5.41) is 11.2. The Bertz CT molecular complexity index is 1380. The van der Waals surface area contributed by atoms with E-state index >= 15 is 0 Å². The summed E-state index contributed by atoms with van der Waals surface area (Å²) in [6, 6.07) is 11.0. The standard InChI is InChI=1S/C25H21N3O2/c1-4-16-7-6-8-18-12-19(28-23(16)18)10-15-9-17(5-2)24-21(11-15)20(14(3)27-24)13-22(26)25(29)30/h1-2,6-9,11-12,22,27-28H,10,13,26H2,3H3,(H,29,30). The number of aryl methyl sites for hydroxylation is 1. The van der Waals surface area contributed by atoms with Gasteiger partial charge in [0.2, 0.25) is 0 Å². The molecule has 4 rings (SSSR count). The quantitative estimate of drug-likeness (QED) is 0.390. The first-order valence-electron chi connectivity index (χ1n) is 9.57. The number of rotatable bonds is 5. The zero-order valence-electron chi connectivity index (χ0n) is 16.5. The topological polar surface area (TPSA) is 94.9 Å². The molecule has 5 N–H and O–H groups in total. The van der Waals surface area contributed by atoms with E-state index in [1.54, 1.807) is 0 Å². The van der Waals surface area contributed by atoms with Gasteiger partial charge in [-0.25, -0.2) is 0 Å². The van der Waals surface area contributed by atoms with Crippen LogP contribution in [0, 0.1) is 31.6 Å². The number of carboxylic acids is 1. The van der Waals surface area contributed by atoms with Crippen molar-refractivity contribution in [2.24, 2.45) is 5.73 Å². The Balaban J connectivity index is 1.79. The van der Waals surface area contributed by atoms with E-state index in [4.69, 9.17) is 18.6 Å². The number of hydrogen-bond donors (Lipinski definition) is 4. The van der Waals surface area contributed by atoms with Crippen LogP contribution in [0.25, 0.3) is 21.8 Å². The van der Waals surface area contributed by atoms with Gasteiger partial charge in [0.1, 0.15) is 6.04 Å². The molecule has 0 saturated heterocycles. The van der Waals surface area contributed by atoms with Crippen LogP contribution >= 0.6 is 0 Å². The minimum Gasteiger partial charge on any atom is -0.480 e. The van der Waals surface area contributed by atoms with Crippen molar-refractivity contribution in [2.45, 2.75) is 25.8 Å². The van der Waals surface area contributed by atoms with Crippen molar-refractivity contribution in [3.05, 3.63) is 70.0 Å². The number of nitrogens with one attached hydrogen (secondary N) is 2. The molecule has 0 aliphatic heterocycles. The van der Waals surface area contributed by atoms with E-state index in [1.807, 2.05) is 31.2 Å². The number of H-pyrrole nitrogens is 2. The van der Waals surface area contributed by atoms with E-state index in [0.717, 1.165) is 55.4 Å². The number of carbonyl (C=O) groups is 1. The molecule has 1 unspecified atom stereocenters. The number of aromatic amines is 2. The fraction of sp³-hybridized carbons (Fsp3) is 0.160. The predicted molar refractivity (Wildman–Crippen MR) is 119 cm³/mol. The summed E-state index contributed by atoms with van der Waals surface area (Å²) >= 11 is 0. The normalized spacial score (nSPS) is 12.0. The Morgan fingerprint density at radius 1 is 1.13 bits per heavy atom. The van der Waals surface area contributed by atoms with Crippen LogP contribution in [0.2, 0.25) is 0 Å². The average Bonchev–Trinajstić information content (AvgIpc) is 3.27.